The highest BCUT2D eigenvalue weighted by molar-refractivity contribution is 9.10. The molecule has 0 spiro atoms. The van der Waals surface area contributed by atoms with E-state index in [-0.39, 0.29) is 11.9 Å². The van der Waals surface area contributed by atoms with E-state index in [0.29, 0.717) is 28.6 Å². The third kappa shape index (κ3) is 4.36. The van der Waals surface area contributed by atoms with Gasteiger partial charge in [0, 0.05) is 22.6 Å². The van der Waals surface area contributed by atoms with Crippen LogP contribution in [0.3, 0.4) is 0 Å². The second-order valence-electron chi connectivity index (χ2n) is 8.63. The third-order valence-electron chi connectivity index (χ3n) is 6.56. The number of aldehydes is 2. The summed E-state index contributed by atoms with van der Waals surface area (Å²) in [6.07, 6.45) is 2.71. The number of anilines is 1. The minimum atomic E-state index is -0.912. The minimum Gasteiger partial charge on any atom is -0.497 e. The zero-order valence-corrected chi connectivity index (χ0v) is 21.2. The number of rotatable bonds is 9. The van der Waals surface area contributed by atoms with Crippen molar-refractivity contribution in [1.29, 1.82) is 0 Å². The molecule has 1 heterocycles. The summed E-state index contributed by atoms with van der Waals surface area (Å²) in [5, 5.41) is 6.35. The Morgan fingerprint density at radius 1 is 1.11 bits per heavy atom. The summed E-state index contributed by atoms with van der Waals surface area (Å²) in [5.41, 5.74) is 2.96. The fourth-order valence-corrected chi connectivity index (χ4v) is 5.65. The van der Waals surface area contributed by atoms with E-state index in [0.717, 1.165) is 35.0 Å². The topological polar surface area (TPSA) is 84.5 Å². The van der Waals surface area contributed by atoms with Gasteiger partial charge in [-0.3, -0.25) is 4.79 Å². The van der Waals surface area contributed by atoms with Gasteiger partial charge in [-0.15, -0.1) is 0 Å². The van der Waals surface area contributed by atoms with Crippen molar-refractivity contribution >= 4 is 40.1 Å². The molecule has 0 radical (unpaired) electrons. The number of ether oxygens (including phenoxy) is 1. The molecule has 3 atom stereocenters. The highest BCUT2D eigenvalue weighted by Gasteiger charge is 2.51. The molecule has 1 aliphatic heterocycles. The number of nitrogens with one attached hydrogen (secondary N) is 2. The summed E-state index contributed by atoms with van der Waals surface area (Å²) in [6.45, 7) is 1.87. The zero-order chi connectivity index (χ0) is 25.0. The average Bonchev–Trinajstić information content (AvgIpc) is 3.22. The van der Waals surface area contributed by atoms with Crippen LogP contribution < -0.4 is 15.4 Å². The van der Waals surface area contributed by atoms with Crippen LogP contribution in [0.5, 0.6) is 5.75 Å². The molecule has 0 fully saturated rings. The predicted molar refractivity (Wildman–Crippen MR) is 139 cm³/mol. The van der Waals surface area contributed by atoms with Crippen molar-refractivity contribution in [3.63, 3.8) is 0 Å². The number of methoxy groups -OCH3 is 1. The minimum absolute atomic E-state index is 0.160. The molecule has 2 N–H and O–H groups in total. The van der Waals surface area contributed by atoms with Crippen molar-refractivity contribution in [2.24, 2.45) is 0 Å². The Morgan fingerprint density at radius 3 is 2.57 bits per heavy atom. The molecule has 6 nitrogen and oxygen atoms in total. The normalized spacial score (nSPS) is 19.2. The molecule has 180 valence electrons. The highest BCUT2D eigenvalue weighted by Crippen LogP contribution is 2.53. The molecule has 0 aromatic heterocycles. The number of carbonyl (C=O) groups excluding carboxylic acids is 3. The van der Waals surface area contributed by atoms with Crippen molar-refractivity contribution in [2.45, 2.75) is 37.3 Å². The smallest absolute Gasteiger partial charge is 0.252 e. The Kier molecular flexibility index (Phi) is 7.36. The first-order valence-electron chi connectivity index (χ1n) is 11.5. The van der Waals surface area contributed by atoms with Crippen molar-refractivity contribution in [3.8, 4) is 5.75 Å². The monoisotopic (exact) mass is 534 g/mol. The second-order valence-corrected chi connectivity index (χ2v) is 9.42. The van der Waals surface area contributed by atoms with Crippen LogP contribution in [0.25, 0.3) is 0 Å². The number of benzene rings is 3. The summed E-state index contributed by atoms with van der Waals surface area (Å²) in [5.74, 6) is 0.422. The van der Waals surface area contributed by atoms with Crippen molar-refractivity contribution in [2.75, 3.05) is 12.4 Å². The van der Waals surface area contributed by atoms with Crippen LogP contribution in [0.1, 0.15) is 46.8 Å². The van der Waals surface area contributed by atoms with Gasteiger partial charge in [-0.25, -0.2) is 0 Å². The molecular formula is C28H27BrN2O4. The molecule has 3 aromatic carbocycles. The molecule has 0 saturated carbocycles. The van der Waals surface area contributed by atoms with E-state index in [1.807, 2.05) is 67.6 Å². The molecule has 3 unspecified atom stereocenters. The maximum Gasteiger partial charge on any atom is 0.252 e. The Labute approximate surface area is 213 Å². The van der Waals surface area contributed by atoms with E-state index < -0.39 is 11.5 Å². The molecule has 7 heteroatoms. The van der Waals surface area contributed by atoms with Crippen LogP contribution in [0, 0.1) is 0 Å². The molecule has 0 aliphatic carbocycles. The van der Waals surface area contributed by atoms with E-state index in [1.54, 1.807) is 13.2 Å². The number of carbonyl (C=O) groups is 3. The molecular weight excluding hydrogens is 508 g/mol. The summed E-state index contributed by atoms with van der Waals surface area (Å²) in [6, 6.07) is 20.3. The van der Waals surface area contributed by atoms with Crippen LogP contribution in [-0.2, 0) is 15.0 Å². The van der Waals surface area contributed by atoms with Crippen molar-refractivity contribution in [3.05, 3.63) is 93.5 Å². The highest BCUT2D eigenvalue weighted by atomic mass is 79.9. The van der Waals surface area contributed by atoms with Crippen molar-refractivity contribution < 1.29 is 19.1 Å². The van der Waals surface area contributed by atoms with Gasteiger partial charge in [-0.05, 0) is 70.2 Å². The number of halogens is 1. The molecule has 1 aliphatic rings. The van der Waals surface area contributed by atoms with E-state index >= 15 is 0 Å². The molecule has 1 amide bonds. The van der Waals surface area contributed by atoms with Gasteiger partial charge >= 0.3 is 0 Å². The predicted octanol–water partition coefficient (Wildman–Crippen LogP) is 4.88. The lowest BCUT2D eigenvalue weighted by molar-refractivity contribution is -0.109. The molecule has 0 bridgehead atoms. The van der Waals surface area contributed by atoms with Gasteiger partial charge in [0.15, 0.2) is 0 Å². The standard InChI is InChI=1S/C28H27BrN2O4/c1-18(8-7-15-32)30-27(34)21-11-6-12-22(26(21)29)28(19-9-4-3-5-10-19)23-16-20(35-2)13-14-24(23)31-25(28)17-33/h3-6,9-18,25,31H,7-8H2,1-2H3,(H,30,34). The summed E-state index contributed by atoms with van der Waals surface area (Å²) in [7, 11) is 1.61. The van der Waals surface area contributed by atoms with Crippen LogP contribution in [0.2, 0.25) is 0 Å². The number of amides is 1. The van der Waals surface area contributed by atoms with Gasteiger partial charge < -0.3 is 25.0 Å². The summed E-state index contributed by atoms with van der Waals surface area (Å²) in [4.78, 5) is 36.5. The first kappa shape index (κ1) is 24.7. The summed E-state index contributed by atoms with van der Waals surface area (Å²) >= 11 is 3.72. The third-order valence-corrected chi connectivity index (χ3v) is 7.41. The first-order chi connectivity index (χ1) is 17.0. The molecule has 3 aromatic rings. The average molecular weight is 535 g/mol. The number of fused-ring (bicyclic) bond motifs is 1. The SMILES string of the molecule is COc1ccc2c(c1)C(c1ccccc1)(c1cccc(C(=O)NC(C)CCC=O)c1Br)C(C=O)N2. The molecule has 0 saturated heterocycles. The molecule has 35 heavy (non-hydrogen) atoms. The van der Waals surface area contributed by atoms with Gasteiger partial charge in [0.25, 0.3) is 5.91 Å². The first-order valence-corrected chi connectivity index (χ1v) is 12.3. The maximum atomic E-state index is 13.2. The lowest BCUT2D eigenvalue weighted by Gasteiger charge is -2.36. The quantitative estimate of drug-likeness (QED) is 0.382. The van der Waals surface area contributed by atoms with Gasteiger partial charge in [0.2, 0.25) is 0 Å². The van der Waals surface area contributed by atoms with Gasteiger partial charge in [0.05, 0.1) is 24.1 Å². The van der Waals surface area contributed by atoms with Crippen LogP contribution in [-0.4, -0.2) is 37.7 Å². The van der Waals surface area contributed by atoms with Crippen molar-refractivity contribution in [1.82, 2.24) is 5.32 Å². The fraction of sp³-hybridized carbons (Fsp3) is 0.250. The van der Waals surface area contributed by atoms with E-state index in [4.69, 9.17) is 4.74 Å². The van der Waals surface area contributed by atoms with E-state index in [1.165, 1.54) is 0 Å². The Hall–Kier alpha value is -3.45. The largest absolute Gasteiger partial charge is 0.497 e. The Morgan fingerprint density at radius 2 is 1.89 bits per heavy atom. The van der Waals surface area contributed by atoms with Gasteiger partial charge in [-0.2, -0.15) is 0 Å². The lowest BCUT2D eigenvalue weighted by Crippen LogP contribution is -2.43. The zero-order valence-electron chi connectivity index (χ0n) is 19.6. The fourth-order valence-electron chi connectivity index (χ4n) is 4.89. The lowest BCUT2D eigenvalue weighted by atomic mass is 9.66. The van der Waals surface area contributed by atoms with E-state index in [2.05, 4.69) is 26.6 Å². The number of hydrogen-bond acceptors (Lipinski definition) is 5. The van der Waals surface area contributed by atoms with Gasteiger partial charge in [0.1, 0.15) is 18.3 Å². The second kappa shape index (κ2) is 10.4. The van der Waals surface area contributed by atoms with Crippen LogP contribution in [0.4, 0.5) is 5.69 Å². The Bertz CT molecular complexity index is 1250. The van der Waals surface area contributed by atoms with Crippen LogP contribution in [0.15, 0.2) is 71.2 Å². The van der Waals surface area contributed by atoms with Crippen LogP contribution >= 0.6 is 15.9 Å². The number of hydrogen-bond donors (Lipinski definition) is 2. The molecule has 4 rings (SSSR count). The van der Waals surface area contributed by atoms with E-state index in [9.17, 15) is 14.4 Å². The Balaban J connectivity index is 1.93. The summed E-state index contributed by atoms with van der Waals surface area (Å²) < 4.78 is 6.13. The maximum absolute atomic E-state index is 13.2. The van der Waals surface area contributed by atoms with Gasteiger partial charge in [-0.1, -0.05) is 42.5 Å².